The van der Waals surface area contributed by atoms with E-state index in [-0.39, 0.29) is 0 Å². The molecule has 0 bridgehead atoms. The maximum Gasteiger partial charge on any atom is 0.183 e. The van der Waals surface area contributed by atoms with Crippen LogP contribution in [0, 0.1) is 0 Å². The number of hydrogen-bond donors (Lipinski definition) is 1. The highest BCUT2D eigenvalue weighted by Crippen LogP contribution is 1.94. The third-order valence-electron chi connectivity index (χ3n) is 0.924. The first-order valence-electron chi connectivity index (χ1n) is 2.24. The first kappa shape index (κ1) is 5.09. The molecular formula is C4H8BrN2+. The van der Waals surface area contributed by atoms with E-state index in [2.05, 4.69) is 21.0 Å². The van der Waals surface area contributed by atoms with Gasteiger partial charge in [-0.2, -0.15) is 5.01 Å². The molecule has 0 amide bonds. The van der Waals surface area contributed by atoms with Crippen LogP contribution in [-0.2, 0) is 0 Å². The Kier molecular flexibility index (Phi) is 1.32. The molecule has 1 N–H and O–H groups in total. The molecule has 0 radical (unpaired) electrons. The van der Waals surface area contributed by atoms with Gasteiger partial charge in [0.05, 0.1) is 13.6 Å². The molecule has 3 heteroatoms. The molecule has 0 aromatic heterocycles. The van der Waals surface area contributed by atoms with Crippen LogP contribution in [0.15, 0.2) is 0 Å². The second-order valence-electron chi connectivity index (χ2n) is 1.69. The first-order chi connectivity index (χ1) is 3.29. The number of alkyl halides is 1. The molecule has 0 aromatic carbocycles. The van der Waals surface area contributed by atoms with E-state index in [1.807, 2.05) is 18.3 Å². The van der Waals surface area contributed by atoms with E-state index in [0.29, 0.717) is 4.83 Å². The topological polar surface area (TPSA) is 17.2 Å². The number of hydrogen-bond acceptors (Lipinski definition) is 1. The van der Waals surface area contributed by atoms with Crippen molar-refractivity contribution in [3.05, 3.63) is 0 Å². The number of nitrogens with zero attached hydrogens (tertiary/aromatic N) is 1. The number of halogens is 1. The van der Waals surface area contributed by atoms with Crippen molar-refractivity contribution in [3.8, 4) is 0 Å². The summed E-state index contributed by atoms with van der Waals surface area (Å²) in [6.45, 7) is 1.06. The Balaban J connectivity index is 2.42. The van der Waals surface area contributed by atoms with Crippen LogP contribution in [0.4, 0.5) is 0 Å². The zero-order valence-corrected chi connectivity index (χ0v) is 5.77. The van der Waals surface area contributed by atoms with Crippen molar-refractivity contribution in [1.29, 1.82) is 0 Å². The van der Waals surface area contributed by atoms with E-state index in [0.717, 1.165) is 6.54 Å². The molecular weight excluding hydrogens is 156 g/mol. The van der Waals surface area contributed by atoms with E-state index < -0.39 is 0 Å². The van der Waals surface area contributed by atoms with E-state index in [4.69, 9.17) is 0 Å². The van der Waals surface area contributed by atoms with Gasteiger partial charge in [-0.1, -0.05) is 15.9 Å². The lowest BCUT2D eigenvalue weighted by atomic mass is 10.5. The van der Waals surface area contributed by atoms with Gasteiger partial charge in [-0.25, -0.2) is 0 Å². The fourth-order valence-electron chi connectivity index (χ4n) is 0.575. The number of hydrazine groups is 1. The number of rotatable bonds is 0. The monoisotopic (exact) mass is 163 g/mol. The fraction of sp³-hybridized carbons (Fsp3) is 0.750. The van der Waals surface area contributed by atoms with Crippen LogP contribution in [0.1, 0.15) is 0 Å². The van der Waals surface area contributed by atoms with Crippen molar-refractivity contribution in [2.24, 2.45) is 0 Å². The molecule has 1 atom stereocenters. The molecule has 1 rings (SSSR count). The highest BCUT2D eigenvalue weighted by atomic mass is 79.9. The van der Waals surface area contributed by atoms with Crippen LogP contribution in [-0.4, -0.2) is 29.6 Å². The third kappa shape index (κ3) is 1.16. The Labute approximate surface area is 51.3 Å². The van der Waals surface area contributed by atoms with Gasteiger partial charge in [-0.05, 0) is 0 Å². The Morgan fingerprint density at radius 2 is 2.71 bits per heavy atom. The largest absolute Gasteiger partial charge is 0.190 e. The minimum Gasteiger partial charge on any atom is -0.190 e. The molecule has 1 unspecified atom stereocenters. The predicted octanol–water partition coefficient (Wildman–Crippen LogP) is -1.24. The zero-order valence-electron chi connectivity index (χ0n) is 4.19. The maximum absolute atomic E-state index is 3.42. The molecule has 2 nitrogen and oxygen atoms in total. The molecule has 0 aliphatic carbocycles. The quantitative estimate of drug-likeness (QED) is 0.443. The Morgan fingerprint density at radius 1 is 2.00 bits per heavy atom. The summed E-state index contributed by atoms with van der Waals surface area (Å²) in [5, 5.41) is 5.06. The average molecular weight is 164 g/mol. The van der Waals surface area contributed by atoms with Crippen LogP contribution in [0.5, 0.6) is 0 Å². The maximum atomic E-state index is 3.42. The smallest absolute Gasteiger partial charge is 0.183 e. The SMILES string of the molecule is CN1CC(Br)C=[NH+]1. The van der Waals surface area contributed by atoms with Crippen LogP contribution < -0.4 is 5.10 Å². The molecule has 7 heavy (non-hydrogen) atoms. The molecule has 1 aliphatic heterocycles. The van der Waals surface area contributed by atoms with Gasteiger partial charge in [0.2, 0.25) is 0 Å². The average Bonchev–Trinajstić information content (AvgIpc) is 1.87. The summed E-state index contributed by atoms with van der Waals surface area (Å²) in [7, 11) is 2.01. The van der Waals surface area contributed by atoms with E-state index in [1.165, 1.54) is 0 Å². The lowest BCUT2D eigenvalue weighted by Crippen LogP contribution is -2.76. The molecule has 0 fully saturated rings. The lowest BCUT2D eigenvalue weighted by Gasteiger charge is -1.95. The first-order valence-corrected chi connectivity index (χ1v) is 3.15. The van der Waals surface area contributed by atoms with Crippen molar-refractivity contribution in [2.75, 3.05) is 13.6 Å². The molecule has 1 aliphatic rings. The minimum atomic E-state index is 0.525. The number of hydrazone groups is 1. The minimum absolute atomic E-state index is 0.525. The Morgan fingerprint density at radius 3 is 2.86 bits per heavy atom. The molecule has 0 saturated heterocycles. The van der Waals surface area contributed by atoms with Crippen molar-refractivity contribution in [1.82, 2.24) is 5.01 Å². The van der Waals surface area contributed by atoms with Gasteiger partial charge in [-0.15, -0.1) is 5.10 Å². The van der Waals surface area contributed by atoms with Crippen LogP contribution in [0.25, 0.3) is 0 Å². The van der Waals surface area contributed by atoms with Crippen LogP contribution in [0.2, 0.25) is 0 Å². The van der Waals surface area contributed by atoms with Gasteiger partial charge in [-0.3, -0.25) is 0 Å². The van der Waals surface area contributed by atoms with Gasteiger partial charge < -0.3 is 0 Å². The van der Waals surface area contributed by atoms with Crippen molar-refractivity contribution in [2.45, 2.75) is 4.83 Å². The Bertz CT molecular complexity index is 81.7. The van der Waals surface area contributed by atoms with Gasteiger partial charge in [0.1, 0.15) is 4.83 Å². The summed E-state index contributed by atoms with van der Waals surface area (Å²) in [5.41, 5.74) is 0. The van der Waals surface area contributed by atoms with E-state index >= 15 is 0 Å². The number of nitrogens with one attached hydrogen (secondary N) is 1. The highest BCUT2D eigenvalue weighted by Gasteiger charge is 2.15. The molecule has 1 heterocycles. The second kappa shape index (κ2) is 1.82. The third-order valence-corrected chi connectivity index (χ3v) is 1.48. The summed E-state index contributed by atoms with van der Waals surface area (Å²) in [6.07, 6.45) is 2.01. The lowest BCUT2D eigenvalue weighted by molar-refractivity contribution is -0.623. The van der Waals surface area contributed by atoms with Gasteiger partial charge >= 0.3 is 0 Å². The van der Waals surface area contributed by atoms with E-state index in [1.54, 1.807) is 0 Å². The van der Waals surface area contributed by atoms with Gasteiger partial charge in [0.25, 0.3) is 0 Å². The molecule has 0 spiro atoms. The summed E-state index contributed by atoms with van der Waals surface area (Å²) >= 11 is 3.42. The molecule has 0 aromatic rings. The fourth-order valence-corrected chi connectivity index (χ4v) is 1.13. The summed E-state index contributed by atoms with van der Waals surface area (Å²) < 4.78 is 0. The van der Waals surface area contributed by atoms with Crippen LogP contribution in [0.3, 0.4) is 0 Å². The summed E-state index contributed by atoms with van der Waals surface area (Å²) in [6, 6.07) is 0. The highest BCUT2D eigenvalue weighted by molar-refractivity contribution is 9.10. The summed E-state index contributed by atoms with van der Waals surface area (Å²) in [5.74, 6) is 0. The summed E-state index contributed by atoms with van der Waals surface area (Å²) in [4.78, 5) is 0.525. The zero-order chi connectivity index (χ0) is 5.28. The van der Waals surface area contributed by atoms with Crippen molar-refractivity contribution < 1.29 is 5.10 Å². The van der Waals surface area contributed by atoms with E-state index in [9.17, 15) is 0 Å². The molecule has 40 valence electrons. The Hall–Kier alpha value is -0.0500. The van der Waals surface area contributed by atoms with Gasteiger partial charge in [0, 0.05) is 0 Å². The second-order valence-corrected chi connectivity index (χ2v) is 2.87. The van der Waals surface area contributed by atoms with Crippen molar-refractivity contribution >= 4 is 22.1 Å². The van der Waals surface area contributed by atoms with Crippen LogP contribution >= 0.6 is 15.9 Å². The molecule has 0 saturated carbocycles. The normalized spacial score (nSPS) is 29.4. The predicted molar refractivity (Wildman–Crippen MR) is 32.4 cm³/mol. The standard InChI is InChI=1S/C4H7BrN2/c1-7-3-4(5)2-6-7/h2,4H,3H2,1H3/p+1. The van der Waals surface area contributed by atoms with Gasteiger partial charge in [0.15, 0.2) is 6.21 Å². The van der Waals surface area contributed by atoms with Crippen molar-refractivity contribution in [3.63, 3.8) is 0 Å².